The Bertz CT molecular complexity index is 1050. The second kappa shape index (κ2) is 11.1. The highest BCUT2D eigenvalue weighted by atomic mass is 32.2. The molecule has 3 rings (SSSR count). The summed E-state index contributed by atoms with van der Waals surface area (Å²) in [4.78, 5) is 14.8. The lowest BCUT2D eigenvalue weighted by atomic mass is 10.0. The Morgan fingerprint density at radius 3 is 2.48 bits per heavy atom. The molecule has 2 N–H and O–H groups in total. The molecule has 0 unspecified atom stereocenters. The zero-order valence-corrected chi connectivity index (χ0v) is 20.1. The van der Waals surface area contributed by atoms with Gasteiger partial charge < -0.3 is 10.1 Å². The fourth-order valence-electron chi connectivity index (χ4n) is 3.94. The fraction of sp³-hybridized carbons (Fsp3) is 0.458. The minimum atomic E-state index is -4.17. The highest BCUT2D eigenvalue weighted by Crippen LogP contribution is 2.19. The SMILES string of the molecule is COc1cccc(CN2CCC(NC(=O)[C@@H](NS(=O)(=O)c3ccccc3F)C(C)C)CC2)c1. The van der Waals surface area contributed by atoms with Gasteiger partial charge in [-0.15, -0.1) is 0 Å². The number of hydrogen-bond acceptors (Lipinski definition) is 5. The number of piperidine rings is 1. The normalized spacial score (nSPS) is 16.5. The van der Waals surface area contributed by atoms with E-state index in [2.05, 4.69) is 21.0 Å². The van der Waals surface area contributed by atoms with Gasteiger partial charge in [-0.05, 0) is 48.6 Å². The minimum Gasteiger partial charge on any atom is -0.497 e. The lowest BCUT2D eigenvalue weighted by Gasteiger charge is -2.33. The Morgan fingerprint density at radius 1 is 1.15 bits per heavy atom. The highest BCUT2D eigenvalue weighted by Gasteiger charge is 2.31. The van der Waals surface area contributed by atoms with Crippen molar-refractivity contribution in [3.05, 3.63) is 59.9 Å². The summed E-state index contributed by atoms with van der Waals surface area (Å²) in [6.45, 7) is 5.94. The van der Waals surface area contributed by atoms with Crippen molar-refractivity contribution in [3.8, 4) is 5.75 Å². The molecule has 1 saturated heterocycles. The number of sulfonamides is 1. The van der Waals surface area contributed by atoms with Gasteiger partial charge in [-0.2, -0.15) is 4.72 Å². The summed E-state index contributed by atoms with van der Waals surface area (Å²) >= 11 is 0. The molecule has 1 atom stereocenters. The molecule has 0 bridgehead atoms. The van der Waals surface area contributed by atoms with Crippen molar-refractivity contribution in [3.63, 3.8) is 0 Å². The Morgan fingerprint density at radius 2 is 1.85 bits per heavy atom. The first-order valence-electron chi connectivity index (χ1n) is 11.1. The van der Waals surface area contributed by atoms with Gasteiger partial charge in [0, 0.05) is 25.7 Å². The number of likely N-dealkylation sites (tertiary alicyclic amines) is 1. The summed E-state index contributed by atoms with van der Waals surface area (Å²) in [5, 5.41) is 2.99. The Kier molecular flexibility index (Phi) is 8.45. The maximum absolute atomic E-state index is 14.0. The Balaban J connectivity index is 1.56. The summed E-state index contributed by atoms with van der Waals surface area (Å²) in [6.07, 6.45) is 1.53. The molecule has 0 saturated carbocycles. The molecule has 1 aliphatic heterocycles. The fourth-order valence-corrected chi connectivity index (χ4v) is 5.36. The van der Waals surface area contributed by atoms with Crippen LogP contribution >= 0.6 is 0 Å². The van der Waals surface area contributed by atoms with Crippen molar-refractivity contribution in [2.45, 2.75) is 50.2 Å². The molecule has 7 nitrogen and oxygen atoms in total. The van der Waals surface area contributed by atoms with E-state index in [1.165, 1.54) is 23.8 Å². The van der Waals surface area contributed by atoms with Gasteiger partial charge in [0.15, 0.2) is 0 Å². The van der Waals surface area contributed by atoms with Crippen LogP contribution in [0.1, 0.15) is 32.3 Å². The molecule has 180 valence electrons. The van der Waals surface area contributed by atoms with Gasteiger partial charge in [0.1, 0.15) is 22.5 Å². The summed E-state index contributed by atoms with van der Waals surface area (Å²) in [5.41, 5.74) is 1.17. The second-order valence-electron chi connectivity index (χ2n) is 8.68. The number of carbonyl (C=O) groups is 1. The molecule has 2 aromatic rings. The molecule has 1 fully saturated rings. The van der Waals surface area contributed by atoms with E-state index in [-0.39, 0.29) is 12.0 Å². The predicted molar refractivity (Wildman–Crippen MR) is 125 cm³/mol. The smallest absolute Gasteiger partial charge is 0.244 e. The monoisotopic (exact) mass is 477 g/mol. The van der Waals surface area contributed by atoms with E-state index in [9.17, 15) is 17.6 Å². The van der Waals surface area contributed by atoms with Crippen LogP contribution in [0.15, 0.2) is 53.4 Å². The molecule has 33 heavy (non-hydrogen) atoms. The first-order chi connectivity index (χ1) is 15.7. The maximum atomic E-state index is 14.0. The minimum absolute atomic E-state index is 0.0433. The molecule has 0 spiro atoms. The van der Waals surface area contributed by atoms with Gasteiger partial charge in [0.25, 0.3) is 0 Å². The molecule has 1 amide bonds. The van der Waals surface area contributed by atoms with Gasteiger partial charge in [-0.3, -0.25) is 9.69 Å². The van der Waals surface area contributed by atoms with Crippen LogP contribution in [-0.4, -0.2) is 51.5 Å². The number of carbonyl (C=O) groups excluding carboxylic acids is 1. The molecular formula is C24H32FN3O4S. The van der Waals surface area contributed by atoms with Gasteiger partial charge >= 0.3 is 0 Å². The van der Waals surface area contributed by atoms with E-state index in [1.54, 1.807) is 21.0 Å². The van der Waals surface area contributed by atoms with Gasteiger partial charge in [0.05, 0.1) is 7.11 Å². The zero-order chi connectivity index (χ0) is 24.0. The van der Waals surface area contributed by atoms with Gasteiger partial charge in [-0.25, -0.2) is 12.8 Å². The van der Waals surface area contributed by atoms with Crippen molar-refractivity contribution in [2.24, 2.45) is 5.92 Å². The van der Waals surface area contributed by atoms with Gasteiger partial charge in [0.2, 0.25) is 15.9 Å². The van der Waals surface area contributed by atoms with Crippen LogP contribution in [0.4, 0.5) is 4.39 Å². The number of rotatable bonds is 9. The Hall–Kier alpha value is -2.49. The van der Waals surface area contributed by atoms with Crippen LogP contribution in [0.3, 0.4) is 0 Å². The number of nitrogens with zero attached hydrogens (tertiary/aromatic N) is 1. The lowest BCUT2D eigenvalue weighted by molar-refractivity contribution is -0.124. The van der Waals surface area contributed by atoms with Crippen LogP contribution < -0.4 is 14.8 Å². The molecule has 0 aliphatic carbocycles. The Labute approximate surface area is 195 Å². The molecular weight excluding hydrogens is 445 g/mol. The van der Waals surface area contributed by atoms with Crippen LogP contribution in [0.2, 0.25) is 0 Å². The van der Waals surface area contributed by atoms with E-state index >= 15 is 0 Å². The number of ether oxygens (including phenoxy) is 1. The van der Waals surface area contributed by atoms with E-state index in [4.69, 9.17) is 4.74 Å². The third-order valence-electron chi connectivity index (χ3n) is 5.83. The van der Waals surface area contributed by atoms with Crippen molar-refractivity contribution in [1.82, 2.24) is 14.9 Å². The average molecular weight is 478 g/mol. The molecule has 1 heterocycles. The number of halogens is 1. The van der Waals surface area contributed by atoms with E-state index in [0.717, 1.165) is 44.3 Å². The van der Waals surface area contributed by atoms with Crippen LogP contribution in [-0.2, 0) is 21.4 Å². The summed E-state index contributed by atoms with van der Waals surface area (Å²) in [5.74, 6) is -0.723. The third kappa shape index (κ3) is 6.75. The van der Waals surface area contributed by atoms with Crippen LogP contribution in [0.5, 0.6) is 5.75 Å². The first-order valence-corrected chi connectivity index (χ1v) is 12.6. The predicted octanol–water partition coefficient (Wildman–Crippen LogP) is 2.92. The molecule has 0 radical (unpaired) electrons. The zero-order valence-electron chi connectivity index (χ0n) is 19.3. The van der Waals surface area contributed by atoms with Gasteiger partial charge in [-0.1, -0.05) is 38.1 Å². The number of amides is 1. The van der Waals surface area contributed by atoms with Crippen molar-refractivity contribution < 1.29 is 22.3 Å². The quantitative estimate of drug-likeness (QED) is 0.580. The summed E-state index contributed by atoms with van der Waals surface area (Å²) in [6, 6.07) is 12.1. The summed E-state index contributed by atoms with van der Waals surface area (Å²) in [7, 11) is -2.53. The average Bonchev–Trinajstić information content (AvgIpc) is 2.79. The number of hydrogen-bond donors (Lipinski definition) is 2. The topological polar surface area (TPSA) is 87.7 Å². The highest BCUT2D eigenvalue weighted by molar-refractivity contribution is 7.89. The summed E-state index contributed by atoms with van der Waals surface area (Å²) < 4.78 is 47.0. The molecule has 2 aromatic carbocycles. The van der Waals surface area contributed by atoms with E-state index in [0.29, 0.717) is 0 Å². The van der Waals surface area contributed by atoms with Crippen molar-refractivity contribution in [2.75, 3.05) is 20.2 Å². The van der Waals surface area contributed by atoms with Crippen LogP contribution in [0.25, 0.3) is 0 Å². The molecule has 9 heteroatoms. The van der Waals surface area contributed by atoms with E-state index in [1.807, 2.05) is 18.2 Å². The molecule has 0 aromatic heterocycles. The largest absolute Gasteiger partial charge is 0.497 e. The van der Waals surface area contributed by atoms with Crippen molar-refractivity contribution >= 4 is 15.9 Å². The standard InChI is InChI=1S/C24H32FN3O4S/c1-17(2)23(27-33(30,31)22-10-5-4-9-21(22)25)24(29)26-19-11-13-28(14-12-19)16-18-7-6-8-20(15-18)32-3/h4-10,15,17,19,23,27H,11-14,16H2,1-3H3,(H,26,29)/t23-/m0/s1. The lowest BCUT2D eigenvalue weighted by Crippen LogP contribution is -2.53. The number of methoxy groups -OCH3 is 1. The number of nitrogens with one attached hydrogen (secondary N) is 2. The van der Waals surface area contributed by atoms with Crippen LogP contribution in [0, 0.1) is 11.7 Å². The number of benzene rings is 2. The molecule has 1 aliphatic rings. The maximum Gasteiger partial charge on any atom is 0.244 e. The first kappa shape index (κ1) is 25.1. The second-order valence-corrected chi connectivity index (χ2v) is 10.4. The van der Waals surface area contributed by atoms with Crippen molar-refractivity contribution in [1.29, 1.82) is 0 Å². The van der Waals surface area contributed by atoms with E-state index < -0.39 is 32.7 Å². The third-order valence-corrected chi connectivity index (χ3v) is 7.31.